The van der Waals surface area contributed by atoms with E-state index in [1.54, 1.807) is 35.2 Å². The standard InChI is InChI=1S/C16H14BrNO4S/c1-23(22)13-8-12-11(16(20)21)6-7-18(12)14(13)15(19)9-2-4-10(17)5-3-9/h2-5,8,14H,6-7H2,1H3,(H,20,21). The number of carbonyl (C=O) groups excluding carboxylic acids is 1. The summed E-state index contributed by atoms with van der Waals surface area (Å²) in [4.78, 5) is 26.4. The summed E-state index contributed by atoms with van der Waals surface area (Å²) in [5.74, 6) is -1.16. The van der Waals surface area contributed by atoms with E-state index in [0.29, 0.717) is 29.1 Å². The summed E-state index contributed by atoms with van der Waals surface area (Å²) >= 11 is 1.98. The maximum atomic E-state index is 12.9. The maximum Gasteiger partial charge on any atom is 0.333 e. The molecule has 2 atom stereocenters. The van der Waals surface area contributed by atoms with Crippen LogP contribution in [0.4, 0.5) is 0 Å². The van der Waals surface area contributed by atoms with E-state index in [4.69, 9.17) is 0 Å². The van der Waals surface area contributed by atoms with E-state index in [2.05, 4.69) is 15.9 Å². The van der Waals surface area contributed by atoms with Gasteiger partial charge in [-0.2, -0.15) is 0 Å². The largest absolute Gasteiger partial charge is 0.612 e. The van der Waals surface area contributed by atoms with E-state index in [1.807, 2.05) is 0 Å². The van der Waals surface area contributed by atoms with E-state index >= 15 is 0 Å². The highest BCUT2D eigenvalue weighted by molar-refractivity contribution is 9.10. The molecule has 2 unspecified atom stereocenters. The fourth-order valence-electron chi connectivity index (χ4n) is 2.96. The molecule has 0 spiro atoms. The van der Waals surface area contributed by atoms with Crippen LogP contribution in [0.15, 0.2) is 51.0 Å². The highest BCUT2D eigenvalue weighted by atomic mass is 79.9. The lowest BCUT2D eigenvalue weighted by molar-refractivity contribution is -0.132. The number of nitrogens with zero attached hydrogens (tertiary/aromatic N) is 1. The Hall–Kier alpha value is -1.57. The minimum Gasteiger partial charge on any atom is -0.612 e. The van der Waals surface area contributed by atoms with Crippen LogP contribution in [0.2, 0.25) is 0 Å². The van der Waals surface area contributed by atoms with Crippen molar-refractivity contribution in [3.8, 4) is 0 Å². The van der Waals surface area contributed by atoms with Gasteiger partial charge in [-0.1, -0.05) is 28.1 Å². The lowest BCUT2D eigenvalue weighted by Crippen LogP contribution is -2.38. The van der Waals surface area contributed by atoms with Crippen LogP contribution in [0.5, 0.6) is 0 Å². The van der Waals surface area contributed by atoms with Crippen molar-refractivity contribution in [3.05, 3.63) is 56.6 Å². The number of halogens is 1. The second-order valence-electron chi connectivity index (χ2n) is 5.39. The topological polar surface area (TPSA) is 80.7 Å². The van der Waals surface area contributed by atoms with Gasteiger partial charge in [-0.15, -0.1) is 0 Å². The van der Waals surface area contributed by atoms with Gasteiger partial charge in [0.2, 0.25) is 0 Å². The zero-order valence-corrected chi connectivity index (χ0v) is 14.7. The number of Topliss-reactive ketones (excluding diaryl/α,β-unsaturated/α-hetero) is 1. The Morgan fingerprint density at radius 1 is 1.35 bits per heavy atom. The molecular formula is C16H14BrNO4S. The normalized spacial score (nSPS) is 21.3. The molecule has 2 aliphatic heterocycles. The number of ketones is 1. The van der Waals surface area contributed by atoms with E-state index in [-0.39, 0.29) is 11.4 Å². The molecule has 5 nitrogen and oxygen atoms in total. The predicted molar refractivity (Wildman–Crippen MR) is 90.4 cm³/mol. The first-order chi connectivity index (χ1) is 10.9. The Labute approximate surface area is 145 Å². The Morgan fingerprint density at radius 2 is 2.00 bits per heavy atom. The first-order valence-corrected chi connectivity index (χ1v) is 9.33. The SMILES string of the molecule is C[S+]([O-])C1=CC2=C(C(=O)O)CCN2C1C(=O)c1ccc(Br)cc1. The quantitative estimate of drug-likeness (QED) is 0.624. The van der Waals surface area contributed by atoms with Crippen molar-refractivity contribution < 1.29 is 19.2 Å². The molecule has 0 fully saturated rings. The summed E-state index contributed by atoms with van der Waals surface area (Å²) in [7, 11) is 0. The Bertz CT molecular complexity index is 739. The maximum absolute atomic E-state index is 12.9. The van der Waals surface area contributed by atoms with Gasteiger partial charge >= 0.3 is 5.97 Å². The first-order valence-electron chi connectivity index (χ1n) is 6.98. The summed E-state index contributed by atoms with van der Waals surface area (Å²) in [6.45, 7) is 0.446. The molecule has 3 rings (SSSR count). The molecular weight excluding hydrogens is 382 g/mol. The summed E-state index contributed by atoms with van der Waals surface area (Å²) < 4.78 is 12.9. The number of rotatable bonds is 4. The lowest BCUT2D eigenvalue weighted by atomic mass is 10.0. The van der Waals surface area contributed by atoms with Crippen molar-refractivity contribution in [1.82, 2.24) is 4.90 Å². The van der Waals surface area contributed by atoms with Crippen LogP contribution in [0.1, 0.15) is 16.8 Å². The molecule has 23 heavy (non-hydrogen) atoms. The minimum atomic E-state index is -1.34. The van der Waals surface area contributed by atoms with E-state index in [1.165, 1.54) is 6.26 Å². The molecule has 120 valence electrons. The van der Waals surface area contributed by atoms with Gasteiger partial charge in [0, 0.05) is 22.7 Å². The van der Waals surface area contributed by atoms with Crippen LogP contribution in [-0.2, 0) is 16.0 Å². The van der Waals surface area contributed by atoms with Gasteiger partial charge in [0.15, 0.2) is 16.7 Å². The molecule has 0 saturated heterocycles. The first kappa shape index (κ1) is 16.3. The van der Waals surface area contributed by atoms with Gasteiger partial charge in [0.25, 0.3) is 0 Å². The number of carboxylic acid groups (broad SMARTS) is 1. The number of aliphatic carboxylic acids is 1. The minimum absolute atomic E-state index is 0.166. The molecule has 1 N–H and O–H groups in total. The third-order valence-electron chi connectivity index (χ3n) is 4.05. The van der Waals surface area contributed by atoms with Crippen molar-refractivity contribution in [2.24, 2.45) is 0 Å². The zero-order chi connectivity index (χ0) is 16.7. The highest BCUT2D eigenvalue weighted by Crippen LogP contribution is 2.38. The molecule has 1 aromatic rings. The van der Waals surface area contributed by atoms with Gasteiger partial charge in [-0.05, 0) is 29.7 Å². The van der Waals surface area contributed by atoms with Crippen molar-refractivity contribution in [2.45, 2.75) is 12.5 Å². The fourth-order valence-corrected chi connectivity index (χ4v) is 4.05. The number of hydrogen-bond donors (Lipinski definition) is 1. The van der Waals surface area contributed by atoms with Crippen LogP contribution >= 0.6 is 15.9 Å². The van der Waals surface area contributed by atoms with Crippen molar-refractivity contribution in [2.75, 3.05) is 12.8 Å². The number of carboxylic acids is 1. The number of allylic oxidation sites excluding steroid dienone is 1. The van der Waals surface area contributed by atoms with Crippen LogP contribution in [0.3, 0.4) is 0 Å². The molecule has 0 aliphatic carbocycles. The Balaban J connectivity index is 2.01. The monoisotopic (exact) mass is 395 g/mol. The molecule has 0 amide bonds. The average molecular weight is 396 g/mol. The molecule has 0 aromatic heterocycles. The van der Waals surface area contributed by atoms with Gasteiger partial charge in [-0.3, -0.25) is 4.79 Å². The zero-order valence-electron chi connectivity index (χ0n) is 12.3. The summed E-state index contributed by atoms with van der Waals surface area (Å²) in [5, 5.41) is 9.28. The molecule has 0 radical (unpaired) electrons. The third-order valence-corrected chi connectivity index (χ3v) is 5.58. The molecule has 7 heteroatoms. The van der Waals surface area contributed by atoms with Crippen LogP contribution in [-0.4, -0.2) is 45.2 Å². The highest BCUT2D eigenvalue weighted by Gasteiger charge is 2.45. The van der Waals surface area contributed by atoms with Gasteiger partial charge in [-0.25, -0.2) is 4.79 Å². The Kier molecular flexibility index (Phi) is 4.35. The molecule has 0 saturated carbocycles. The van der Waals surface area contributed by atoms with E-state index in [9.17, 15) is 19.2 Å². The molecule has 1 aromatic carbocycles. The molecule has 2 heterocycles. The van der Waals surface area contributed by atoms with Crippen LogP contribution in [0.25, 0.3) is 0 Å². The lowest BCUT2D eigenvalue weighted by Gasteiger charge is -2.24. The smallest absolute Gasteiger partial charge is 0.333 e. The summed E-state index contributed by atoms with van der Waals surface area (Å²) in [6.07, 6.45) is 3.50. The second kappa shape index (κ2) is 6.14. The van der Waals surface area contributed by atoms with Gasteiger partial charge < -0.3 is 14.6 Å². The number of hydrogen-bond acceptors (Lipinski definition) is 4. The average Bonchev–Trinajstić information content (AvgIpc) is 3.05. The van der Waals surface area contributed by atoms with Crippen LogP contribution < -0.4 is 0 Å². The Morgan fingerprint density at radius 3 is 2.57 bits per heavy atom. The van der Waals surface area contributed by atoms with Gasteiger partial charge in [0.05, 0.1) is 11.3 Å². The van der Waals surface area contributed by atoms with Gasteiger partial charge in [0.1, 0.15) is 6.26 Å². The summed E-state index contributed by atoms with van der Waals surface area (Å²) in [6, 6.07) is 6.28. The molecule has 2 aliphatic rings. The third kappa shape index (κ3) is 2.84. The van der Waals surface area contributed by atoms with Crippen molar-refractivity contribution in [1.29, 1.82) is 0 Å². The second-order valence-corrected chi connectivity index (χ2v) is 7.68. The van der Waals surface area contributed by atoms with Crippen LogP contribution in [0, 0.1) is 0 Å². The molecule has 0 bridgehead atoms. The van der Waals surface area contributed by atoms with E-state index in [0.717, 1.165) is 4.47 Å². The van der Waals surface area contributed by atoms with Crippen molar-refractivity contribution >= 4 is 38.9 Å². The van der Waals surface area contributed by atoms with Crippen molar-refractivity contribution in [3.63, 3.8) is 0 Å². The number of fused-ring (bicyclic) bond motifs is 1. The number of carbonyl (C=O) groups is 2. The fraction of sp³-hybridized carbons (Fsp3) is 0.250. The number of benzene rings is 1. The van der Waals surface area contributed by atoms with E-state index < -0.39 is 23.2 Å². The predicted octanol–water partition coefficient (Wildman–Crippen LogP) is 2.32. The summed E-state index contributed by atoms with van der Waals surface area (Å²) in [5.41, 5.74) is 1.30.